The summed E-state index contributed by atoms with van der Waals surface area (Å²) in [5.74, 6) is 0.726. The molecule has 8 rings (SSSR count). The predicted octanol–water partition coefficient (Wildman–Crippen LogP) is 9.77. The smallest absolute Gasteiger partial charge is 0.160 e. The summed E-state index contributed by atoms with van der Waals surface area (Å²) in [6, 6.07) is 48.8. The van der Waals surface area contributed by atoms with E-state index < -0.39 is 0 Å². The molecule has 0 atom stereocenters. The molecule has 0 radical (unpaired) electrons. The zero-order chi connectivity index (χ0) is 26.5. The second-order valence-corrected chi connectivity index (χ2v) is 10.9. The van der Waals surface area contributed by atoms with Gasteiger partial charge in [-0.3, -0.25) is 4.40 Å². The molecule has 3 nitrogen and oxygen atoms in total. The van der Waals surface area contributed by atoms with Gasteiger partial charge in [0.05, 0.1) is 27.1 Å². The fourth-order valence-electron chi connectivity index (χ4n) is 5.57. The van der Waals surface area contributed by atoms with E-state index in [9.17, 15) is 0 Å². The Kier molecular flexibility index (Phi) is 5.32. The molecule has 188 valence electrons. The standard InChI is InChI=1S/C36H23N3S/c1-3-12-24(13-4-1)29-23-30(38-35(37-29)25-14-5-2-6-15-25)26-16-11-17-27(22-26)34-28-18-7-8-19-31(28)39-32-20-9-10-21-33(32)40-36(34)39/h1-23H. The van der Waals surface area contributed by atoms with E-state index in [1.54, 1.807) is 0 Å². The lowest BCUT2D eigenvalue weighted by molar-refractivity contribution is 1.18. The van der Waals surface area contributed by atoms with Crippen LogP contribution in [-0.4, -0.2) is 14.4 Å². The zero-order valence-corrected chi connectivity index (χ0v) is 22.3. The molecule has 40 heavy (non-hydrogen) atoms. The minimum atomic E-state index is 0.726. The first kappa shape index (κ1) is 22.9. The van der Waals surface area contributed by atoms with Crippen molar-refractivity contribution in [2.45, 2.75) is 0 Å². The van der Waals surface area contributed by atoms with Crippen LogP contribution in [0, 0.1) is 0 Å². The van der Waals surface area contributed by atoms with E-state index >= 15 is 0 Å². The van der Waals surface area contributed by atoms with Crippen molar-refractivity contribution in [2.75, 3.05) is 0 Å². The van der Waals surface area contributed by atoms with E-state index in [4.69, 9.17) is 9.97 Å². The molecule has 0 saturated heterocycles. The van der Waals surface area contributed by atoms with Gasteiger partial charge >= 0.3 is 0 Å². The van der Waals surface area contributed by atoms with E-state index in [0.29, 0.717) is 0 Å². The number of nitrogens with zero attached hydrogens (tertiary/aromatic N) is 3. The van der Waals surface area contributed by atoms with Crippen LogP contribution in [0.2, 0.25) is 0 Å². The Morgan fingerprint density at radius 1 is 0.475 bits per heavy atom. The van der Waals surface area contributed by atoms with Crippen molar-refractivity contribution in [3.05, 3.63) is 140 Å². The van der Waals surface area contributed by atoms with Crippen LogP contribution in [0.5, 0.6) is 0 Å². The van der Waals surface area contributed by atoms with Crippen LogP contribution in [-0.2, 0) is 0 Å². The van der Waals surface area contributed by atoms with E-state index in [-0.39, 0.29) is 0 Å². The maximum Gasteiger partial charge on any atom is 0.160 e. The van der Waals surface area contributed by atoms with Crippen LogP contribution in [0.1, 0.15) is 0 Å². The van der Waals surface area contributed by atoms with E-state index in [0.717, 1.165) is 33.9 Å². The van der Waals surface area contributed by atoms with Crippen LogP contribution >= 0.6 is 11.3 Å². The van der Waals surface area contributed by atoms with Gasteiger partial charge in [0.2, 0.25) is 0 Å². The van der Waals surface area contributed by atoms with Gasteiger partial charge in [-0.05, 0) is 35.9 Å². The molecule has 0 spiro atoms. The Labute approximate surface area is 235 Å². The zero-order valence-electron chi connectivity index (χ0n) is 21.5. The molecule has 3 aromatic heterocycles. The molecular weight excluding hydrogens is 506 g/mol. The number of aromatic nitrogens is 3. The molecule has 0 N–H and O–H groups in total. The summed E-state index contributed by atoms with van der Waals surface area (Å²) in [5, 5.41) is 1.26. The largest absolute Gasteiger partial charge is 0.299 e. The average Bonchev–Trinajstić information content (AvgIpc) is 3.56. The molecule has 3 heterocycles. The Hall–Kier alpha value is -5.06. The Bertz CT molecular complexity index is 2100. The molecular formula is C36H23N3S. The summed E-state index contributed by atoms with van der Waals surface area (Å²) in [4.78, 5) is 11.3. The van der Waals surface area contributed by atoms with Gasteiger partial charge < -0.3 is 0 Å². The highest BCUT2D eigenvalue weighted by atomic mass is 32.1. The number of rotatable bonds is 4. The highest BCUT2D eigenvalue weighted by Crippen LogP contribution is 2.42. The third-order valence-corrected chi connectivity index (χ3v) is 8.56. The van der Waals surface area contributed by atoms with Crippen molar-refractivity contribution >= 4 is 37.3 Å². The second kappa shape index (κ2) is 9.30. The summed E-state index contributed by atoms with van der Waals surface area (Å²) in [7, 11) is 0. The van der Waals surface area contributed by atoms with Gasteiger partial charge in [-0.25, -0.2) is 9.97 Å². The van der Waals surface area contributed by atoms with Gasteiger partial charge in [0.25, 0.3) is 0 Å². The minimum Gasteiger partial charge on any atom is -0.299 e. The molecule has 0 aliphatic heterocycles. The van der Waals surface area contributed by atoms with Crippen LogP contribution in [0.15, 0.2) is 140 Å². The molecule has 0 fully saturated rings. The van der Waals surface area contributed by atoms with Gasteiger partial charge in [0.15, 0.2) is 5.82 Å². The second-order valence-electron chi connectivity index (χ2n) is 9.88. The number of hydrogen-bond donors (Lipinski definition) is 0. The van der Waals surface area contributed by atoms with Gasteiger partial charge in [0.1, 0.15) is 4.83 Å². The maximum absolute atomic E-state index is 5.07. The molecule has 0 amide bonds. The molecule has 0 saturated carbocycles. The lowest BCUT2D eigenvalue weighted by Gasteiger charge is -2.10. The van der Waals surface area contributed by atoms with Gasteiger partial charge in [-0.1, -0.05) is 109 Å². The summed E-state index contributed by atoms with van der Waals surface area (Å²) in [6.45, 7) is 0. The van der Waals surface area contributed by atoms with Crippen molar-refractivity contribution < 1.29 is 0 Å². The molecule has 0 aliphatic carbocycles. The Balaban J connectivity index is 1.35. The Morgan fingerprint density at radius 2 is 1.07 bits per heavy atom. The number of para-hydroxylation sites is 2. The normalized spacial score (nSPS) is 11.5. The van der Waals surface area contributed by atoms with Crippen LogP contribution in [0.25, 0.3) is 71.0 Å². The highest BCUT2D eigenvalue weighted by molar-refractivity contribution is 7.24. The summed E-state index contributed by atoms with van der Waals surface area (Å²) in [5.41, 5.74) is 9.89. The number of fused-ring (bicyclic) bond motifs is 5. The number of thiazole rings is 1. The van der Waals surface area contributed by atoms with Crippen LogP contribution in [0.4, 0.5) is 0 Å². The molecule has 8 aromatic rings. The first-order chi connectivity index (χ1) is 19.8. The van der Waals surface area contributed by atoms with E-state index in [1.165, 1.54) is 37.1 Å². The van der Waals surface area contributed by atoms with Gasteiger partial charge in [-0.15, -0.1) is 11.3 Å². The predicted molar refractivity (Wildman–Crippen MR) is 168 cm³/mol. The van der Waals surface area contributed by atoms with Gasteiger partial charge in [-0.2, -0.15) is 0 Å². The summed E-state index contributed by atoms with van der Waals surface area (Å²) < 4.78 is 3.69. The molecule has 0 unspecified atom stereocenters. The fourth-order valence-corrected chi connectivity index (χ4v) is 6.80. The van der Waals surface area contributed by atoms with Crippen molar-refractivity contribution in [3.63, 3.8) is 0 Å². The summed E-state index contributed by atoms with van der Waals surface area (Å²) >= 11 is 1.85. The first-order valence-corrected chi connectivity index (χ1v) is 14.2. The topological polar surface area (TPSA) is 30.2 Å². The quantitative estimate of drug-likeness (QED) is 0.227. The number of hydrogen-bond acceptors (Lipinski definition) is 3. The highest BCUT2D eigenvalue weighted by Gasteiger charge is 2.18. The van der Waals surface area contributed by atoms with Crippen LogP contribution in [0.3, 0.4) is 0 Å². The lowest BCUT2D eigenvalue weighted by Crippen LogP contribution is -1.96. The van der Waals surface area contributed by atoms with Gasteiger partial charge in [0, 0.05) is 27.6 Å². The number of benzene rings is 5. The first-order valence-electron chi connectivity index (χ1n) is 13.3. The fraction of sp³-hybridized carbons (Fsp3) is 0. The summed E-state index contributed by atoms with van der Waals surface area (Å²) in [6.07, 6.45) is 0. The average molecular weight is 530 g/mol. The SMILES string of the molecule is c1ccc(-c2cc(-c3cccc(-c4c5ccccc5n5c4sc4ccccc45)c3)nc(-c3ccccc3)n2)cc1. The third kappa shape index (κ3) is 3.73. The minimum absolute atomic E-state index is 0.726. The van der Waals surface area contributed by atoms with E-state index in [1.807, 2.05) is 47.7 Å². The molecule has 0 bridgehead atoms. The third-order valence-electron chi connectivity index (χ3n) is 7.42. The lowest BCUT2D eigenvalue weighted by atomic mass is 10.00. The van der Waals surface area contributed by atoms with Crippen molar-refractivity contribution in [3.8, 4) is 45.0 Å². The van der Waals surface area contributed by atoms with Crippen LogP contribution < -0.4 is 0 Å². The monoisotopic (exact) mass is 529 g/mol. The van der Waals surface area contributed by atoms with Crippen molar-refractivity contribution in [1.29, 1.82) is 0 Å². The van der Waals surface area contributed by atoms with Crippen molar-refractivity contribution in [1.82, 2.24) is 14.4 Å². The molecule has 4 heteroatoms. The van der Waals surface area contributed by atoms with E-state index in [2.05, 4.69) is 108 Å². The molecule has 5 aromatic carbocycles. The van der Waals surface area contributed by atoms with Crippen molar-refractivity contribution in [2.24, 2.45) is 0 Å². The Morgan fingerprint density at radius 3 is 1.88 bits per heavy atom. The molecule has 0 aliphatic rings. The maximum atomic E-state index is 5.07.